The van der Waals surface area contributed by atoms with Crippen molar-refractivity contribution in [3.8, 4) is 0 Å². The third kappa shape index (κ3) is 5.15. The molecular formula is C16H28N2O3SSi. The molecule has 0 radical (unpaired) electrons. The molecule has 1 rings (SSSR count). The summed E-state index contributed by atoms with van der Waals surface area (Å²) >= 11 is 0. The van der Waals surface area contributed by atoms with Gasteiger partial charge in [-0.2, -0.15) is 0 Å². The first kappa shape index (κ1) is 19.9. The molecule has 0 aliphatic carbocycles. The average molecular weight is 357 g/mol. The largest absolute Gasteiger partial charge is 0.342 e. The molecule has 1 N–H and O–H groups in total. The van der Waals surface area contributed by atoms with E-state index >= 15 is 0 Å². The van der Waals surface area contributed by atoms with Crippen LogP contribution in [-0.4, -0.2) is 34.5 Å². The predicted octanol–water partition coefficient (Wildman–Crippen LogP) is 2.95. The molecule has 0 unspecified atom stereocenters. The molecule has 0 atom stereocenters. The second-order valence-corrected chi connectivity index (χ2v) is 14.5. The van der Waals surface area contributed by atoms with Gasteiger partial charge in [0.05, 0.1) is 4.90 Å². The van der Waals surface area contributed by atoms with Crippen molar-refractivity contribution in [1.29, 1.82) is 0 Å². The lowest BCUT2D eigenvalue weighted by molar-refractivity contribution is -0.128. The quantitative estimate of drug-likeness (QED) is 0.825. The zero-order chi connectivity index (χ0) is 18.1. The number of carbonyl (C=O) groups excluding carboxylic acids is 1. The van der Waals surface area contributed by atoms with Gasteiger partial charge in [0.25, 0.3) is 0 Å². The summed E-state index contributed by atoms with van der Waals surface area (Å²) in [4.78, 5) is 13.1. The van der Waals surface area contributed by atoms with Gasteiger partial charge >= 0.3 is 0 Å². The lowest BCUT2D eigenvalue weighted by atomic mass is 10.2. The zero-order valence-corrected chi connectivity index (χ0v) is 16.9. The molecule has 130 valence electrons. The molecule has 0 saturated carbocycles. The van der Waals surface area contributed by atoms with Crippen LogP contribution >= 0.6 is 0 Å². The fraction of sp³-hybridized carbons (Fsp3) is 0.562. The molecular weight excluding hydrogens is 328 g/mol. The number of rotatable bonds is 5. The van der Waals surface area contributed by atoms with Crippen molar-refractivity contribution in [3.05, 3.63) is 29.8 Å². The molecule has 0 spiro atoms. The Morgan fingerprint density at radius 1 is 1.17 bits per heavy atom. The number of nitrogens with zero attached hydrogens (tertiary/aromatic N) is 1. The highest BCUT2D eigenvalue weighted by atomic mass is 32.2. The van der Waals surface area contributed by atoms with Gasteiger partial charge in [-0.25, -0.2) is 12.8 Å². The maximum atomic E-state index is 12.6. The van der Waals surface area contributed by atoms with Crippen molar-refractivity contribution >= 4 is 24.2 Å². The minimum absolute atomic E-state index is 0.0266. The smallest absolute Gasteiger partial charge is 0.234 e. The van der Waals surface area contributed by atoms with Gasteiger partial charge in [-0.1, -0.05) is 46.0 Å². The molecule has 1 amide bonds. The Balaban J connectivity index is 2.97. The lowest BCUT2D eigenvalue weighted by Crippen LogP contribution is -2.54. The van der Waals surface area contributed by atoms with Crippen LogP contribution in [-0.2, 0) is 21.4 Å². The van der Waals surface area contributed by atoms with E-state index in [0.717, 1.165) is 5.56 Å². The molecule has 0 aliphatic heterocycles. The van der Waals surface area contributed by atoms with Crippen LogP contribution in [0.1, 0.15) is 33.3 Å². The molecule has 1 aromatic rings. The molecule has 7 heteroatoms. The SMILES string of the molecule is CC(=O)N(C)Cc1ccc(S(=O)(=O)N[Si](C)(C)C(C)(C)C)cc1. The molecule has 0 saturated heterocycles. The standard InChI is InChI=1S/C16H28N2O3SSi/c1-13(19)18(5)12-14-8-10-15(11-9-14)22(20,21)17-23(6,7)16(2,3)4/h8-11,17H,12H2,1-7H3. The molecule has 0 heterocycles. The second-order valence-electron chi connectivity index (χ2n) is 7.50. The Labute approximate surface area is 141 Å². The summed E-state index contributed by atoms with van der Waals surface area (Å²) < 4.78 is 28.1. The molecule has 1 aromatic carbocycles. The zero-order valence-electron chi connectivity index (χ0n) is 15.1. The number of benzene rings is 1. The summed E-state index contributed by atoms with van der Waals surface area (Å²) in [5, 5.41) is -0.0792. The molecule has 0 aliphatic rings. The first-order valence-corrected chi connectivity index (χ1v) is 12.1. The van der Waals surface area contributed by atoms with Crippen molar-refractivity contribution in [2.24, 2.45) is 0 Å². The monoisotopic (exact) mass is 356 g/mol. The van der Waals surface area contributed by atoms with Gasteiger partial charge in [0.1, 0.15) is 8.24 Å². The summed E-state index contributed by atoms with van der Waals surface area (Å²) in [5.74, 6) is -0.0266. The molecule has 0 aromatic heterocycles. The van der Waals surface area contributed by atoms with E-state index in [0.29, 0.717) is 6.54 Å². The Morgan fingerprint density at radius 3 is 2.04 bits per heavy atom. The number of sulfonamides is 1. The predicted molar refractivity (Wildman–Crippen MR) is 96.1 cm³/mol. The summed E-state index contributed by atoms with van der Waals surface area (Å²) in [6.45, 7) is 12.2. The van der Waals surface area contributed by atoms with Crippen LogP contribution in [0.15, 0.2) is 29.2 Å². The topological polar surface area (TPSA) is 66.5 Å². The van der Waals surface area contributed by atoms with E-state index in [2.05, 4.69) is 25.2 Å². The van der Waals surface area contributed by atoms with E-state index in [-0.39, 0.29) is 15.8 Å². The van der Waals surface area contributed by atoms with Crippen molar-refractivity contribution < 1.29 is 13.2 Å². The second kappa shape index (κ2) is 6.74. The number of hydrogen-bond acceptors (Lipinski definition) is 3. The van der Waals surface area contributed by atoms with Gasteiger partial charge in [0, 0.05) is 20.5 Å². The average Bonchev–Trinajstić information content (AvgIpc) is 2.36. The Bertz CT molecular complexity index is 662. The molecule has 23 heavy (non-hydrogen) atoms. The van der Waals surface area contributed by atoms with E-state index in [1.165, 1.54) is 6.92 Å². The number of amides is 1. The van der Waals surface area contributed by atoms with E-state index < -0.39 is 18.3 Å². The van der Waals surface area contributed by atoms with Gasteiger partial charge in [-0.05, 0) is 22.7 Å². The maximum Gasteiger partial charge on any atom is 0.234 e. The lowest BCUT2D eigenvalue weighted by Gasteiger charge is -2.36. The van der Waals surface area contributed by atoms with Gasteiger partial charge in [-0.3, -0.25) is 4.79 Å². The van der Waals surface area contributed by atoms with Crippen LogP contribution in [0.3, 0.4) is 0 Å². The summed E-state index contributed by atoms with van der Waals surface area (Å²) in [7, 11) is -3.99. The third-order valence-corrected chi connectivity index (χ3v) is 12.2. The highest BCUT2D eigenvalue weighted by Crippen LogP contribution is 2.34. The molecule has 5 nitrogen and oxygen atoms in total. The van der Waals surface area contributed by atoms with E-state index in [4.69, 9.17) is 0 Å². The van der Waals surface area contributed by atoms with Crippen LogP contribution in [0, 0.1) is 0 Å². The maximum absolute atomic E-state index is 12.6. The normalized spacial score (nSPS) is 13.0. The van der Waals surface area contributed by atoms with Crippen molar-refractivity contribution in [1.82, 2.24) is 9.29 Å². The summed E-state index contributed by atoms with van der Waals surface area (Å²) in [5.41, 5.74) is 0.897. The van der Waals surface area contributed by atoms with Gasteiger partial charge < -0.3 is 4.90 Å². The fourth-order valence-corrected chi connectivity index (χ4v) is 6.58. The number of hydrogen-bond donors (Lipinski definition) is 1. The summed E-state index contributed by atoms with van der Waals surface area (Å²) in [6.07, 6.45) is 0. The minimum Gasteiger partial charge on any atom is -0.342 e. The molecule has 0 bridgehead atoms. The van der Waals surface area contributed by atoms with Crippen LogP contribution in [0.25, 0.3) is 0 Å². The van der Waals surface area contributed by atoms with Crippen molar-refractivity contribution in [3.63, 3.8) is 0 Å². The van der Waals surface area contributed by atoms with Crippen LogP contribution in [0.5, 0.6) is 0 Å². The van der Waals surface area contributed by atoms with E-state index in [1.54, 1.807) is 36.2 Å². The minimum atomic E-state index is -3.53. The van der Waals surface area contributed by atoms with Gasteiger partial charge in [-0.15, -0.1) is 0 Å². The fourth-order valence-electron chi connectivity index (χ4n) is 1.71. The van der Waals surface area contributed by atoms with Crippen molar-refractivity contribution in [2.45, 2.75) is 57.3 Å². The highest BCUT2D eigenvalue weighted by molar-refractivity contribution is 7.91. The Hall–Kier alpha value is -1.18. The number of carbonyl (C=O) groups is 1. The van der Waals surface area contributed by atoms with E-state index in [1.807, 2.05) is 13.1 Å². The van der Waals surface area contributed by atoms with Crippen LogP contribution in [0.4, 0.5) is 0 Å². The molecule has 0 fully saturated rings. The van der Waals surface area contributed by atoms with Gasteiger partial charge in [0.15, 0.2) is 0 Å². The Kier molecular flexibility index (Phi) is 5.82. The Morgan fingerprint density at radius 2 is 1.65 bits per heavy atom. The first-order valence-electron chi connectivity index (χ1n) is 7.61. The van der Waals surface area contributed by atoms with Crippen LogP contribution in [0.2, 0.25) is 18.1 Å². The van der Waals surface area contributed by atoms with Crippen LogP contribution < -0.4 is 4.39 Å². The van der Waals surface area contributed by atoms with Crippen molar-refractivity contribution in [2.75, 3.05) is 7.05 Å². The number of nitrogens with one attached hydrogen (secondary N) is 1. The van der Waals surface area contributed by atoms with E-state index in [9.17, 15) is 13.2 Å². The highest BCUT2D eigenvalue weighted by Gasteiger charge is 2.39. The summed E-state index contributed by atoms with van der Waals surface area (Å²) in [6, 6.07) is 6.69. The van der Waals surface area contributed by atoms with Gasteiger partial charge in [0.2, 0.25) is 15.9 Å². The third-order valence-electron chi connectivity index (χ3n) is 4.46. The first-order chi connectivity index (χ1) is 10.3.